The molecule has 0 bridgehead atoms. The second kappa shape index (κ2) is 7.36. The van der Waals surface area contributed by atoms with Crippen LogP contribution in [0, 0.1) is 0 Å². The van der Waals surface area contributed by atoms with E-state index in [2.05, 4.69) is 15.0 Å². The van der Waals surface area contributed by atoms with Crippen molar-refractivity contribution < 1.29 is 31.9 Å². The summed E-state index contributed by atoms with van der Waals surface area (Å²) >= 11 is 1.17. The van der Waals surface area contributed by atoms with Crippen LogP contribution in [0.25, 0.3) is 11.5 Å². The second-order valence-corrected chi connectivity index (χ2v) is 6.38. The number of nitrogens with one attached hydrogen (secondary N) is 1. The predicted molar refractivity (Wildman–Crippen MR) is 85.6 cm³/mol. The lowest BCUT2D eigenvalue weighted by atomic mass is 10.2. The van der Waals surface area contributed by atoms with Gasteiger partial charge in [0, 0.05) is 11.9 Å². The molecule has 1 aliphatic rings. The van der Waals surface area contributed by atoms with E-state index in [0.717, 1.165) is 4.90 Å². The number of halogens is 3. The molecule has 2 amide bonds. The Morgan fingerprint density at radius 1 is 1.46 bits per heavy atom. The number of furan rings is 1. The topological polar surface area (TPSA) is 84.7 Å². The molecular weight excluding hydrogens is 375 g/mol. The average Bonchev–Trinajstić information content (AvgIpc) is 3.30. The first-order valence-corrected chi connectivity index (χ1v) is 8.52. The van der Waals surface area contributed by atoms with Gasteiger partial charge in [0.15, 0.2) is 17.5 Å². The van der Waals surface area contributed by atoms with Crippen molar-refractivity contribution in [3.63, 3.8) is 0 Å². The normalized spacial score (nSPS) is 17.3. The van der Waals surface area contributed by atoms with Crippen molar-refractivity contribution in [2.45, 2.75) is 25.1 Å². The summed E-state index contributed by atoms with van der Waals surface area (Å²) in [5.41, 5.74) is 0.545. The van der Waals surface area contributed by atoms with Crippen molar-refractivity contribution in [3.05, 3.63) is 23.8 Å². The summed E-state index contributed by atoms with van der Waals surface area (Å²) in [5, 5.41) is 4.57. The Morgan fingerprint density at radius 2 is 2.27 bits per heavy atom. The Kier molecular flexibility index (Phi) is 5.16. The summed E-state index contributed by atoms with van der Waals surface area (Å²) in [6, 6.07) is 2.53. The third-order valence-corrected chi connectivity index (χ3v) is 4.41. The summed E-state index contributed by atoms with van der Waals surface area (Å²) < 4.78 is 46.0. The fraction of sp³-hybridized carbons (Fsp3) is 0.400. The van der Waals surface area contributed by atoms with Crippen LogP contribution in [0.15, 0.2) is 28.2 Å². The molecule has 1 saturated heterocycles. The molecule has 0 radical (unpaired) electrons. The SMILES string of the molecule is O=C(Nc1nc(-c2ccco2)cs1)C1CCCN1C(=O)OCC(F)(F)F. The molecule has 0 aromatic carbocycles. The molecule has 2 aromatic rings. The number of likely N-dealkylation sites (tertiary alicyclic amines) is 1. The van der Waals surface area contributed by atoms with Gasteiger partial charge in [-0.1, -0.05) is 0 Å². The van der Waals surface area contributed by atoms with Gasteiger partial charge in [-0.05, 0) is 25.0 Å². The minimum absolute atomic E-state index is 0.157. The van der Waals surface area contributed by atoms with Gasteiger partial charge in [0.1, 0.15) is 11.7 Å². The fourth-order valence-corrected chi connectivity index (χ4v) is 3.24. The third-order valence-electron chi connectivity index (χ3n) is 3.66. The number of carbonyl (C=O) groups is 2. The van der Waals surface area contributed by atoms with Crippen LogP contribution in [0.2, 0.25) is 0 Å². The van der Waals surface area contributed by atoms with Gasteiger partial charge in [-0.2, -0.15) is 13.2 Å². The van der Waals surface area contributed by atoms with Crippen molar-refractivity contribution in [1.29, 1.82) is 0 Å². The molecular formula is C15H14F3N3O4S. The Labute approximate surface area is 149 Å². The van der Waals surface area contributed by atoms with E-state index >= 15 is 0 Å². The smallest absolute Gasteiger partial charge is 0.422 e. The zero-order valence-electron chi connectivity index (χ0n) is 13.3. The van der Waals surface area contributed by atoms with Gasteiger partial charge in [0.05, 0.1) is 6.26 Å². The Hall–Kier alpha value is -2.56. The first kappa shape index (κ1) is 18.2. The number of hydrogen-bond donors (Lipinski definition) is 1. The monoisotopic (exact) mass is 389 g/mol. The van der Waals surface area contributed by atoms with E-state index in [4.69, 9.17) is 4.42 Å². The molecule has 2 aromatic heterocycles. The number of aromatic nitrogens is 1. The van der Waals surface area contributed by atoms with E-state index in [-0.39, 0.29) is 6.54 Å². The van der Waals surface area contributed by atoms with Crippen molar-refractivity contribution >= 4 is 28.5 Å². The molecule has 1 aliphatic heterocycles. The van der Waals surface area contributed by atoms with E-state index in [1.165, 1.54) is 17.6 Å². The molecule has 11 heteroatoms. The van der Waals surface area contributed by atoms with Gasteiger partial charge >= 0.3 is 12.3 Å². The van der Waals surface area contributed by atoms with E-state index < -0.39 is 30.8 Å². The molecule has 7 nitrogen and oxygen atoms in total. The van der Waals surface area contributed by atoms with Crippen molar-refractivity contribution in [1.82, 2.24) is 9.88 Å². The van der Waals surface area contributed by atoms with Gasteiger partial charge in [-0.15, -0.1) is 11.3 Å². The third kappa shape index (κ3) is 4.34. The van der Waals surface area contributed by atoms with E-state index in [1.54, 1.807) is 17.5 Å². The van der Waals surface area contributed by atoms with Crippen LogP contribution < -0.4 is 5.32 Å². The molecule has 1 fully saturated rings. The first-order valence-electron chi connectivity index (χ1n) is 7.64. The molecule has 0 aliphatic carbocycles. The number of hydrogen-bond acceptors (Lipinski definition) is 6. The first-order chi connectivity index (χ1) is 12.3. The summed E-state index contributed by atoms with van der Waals surface area (Å²) in [6.07, 6.45) is -3.44. The summed E-state index contributed by atoms with van der Waals surface area (Å²) in [4.78, 5) is 29.4. The Morgan fingerprint density at radius 3 is 2.96 bits per heavy atom. The Bertz CT molecular complexity index is 775. The van der Waals surface area contributed by atoms with Crippen molar-refractivity contribution in [2.24, 2.45) is 0 Å². The largest absolute Gasteiger partial charge is 0.463 e. The van der Waals surface area contributed by atoms with Crippen LogP contribution in [0.1, 0.15) is 12.8 Å². The van der Waals surface area contributed by atoms with Gasteiger partial charge in [0.2, 0.25) is 5.91 Å². The lowest BCUT2D eigenvalue weighted by Gasteiger charge is -2.23. The van der Waals surface area contributed by atoms with Crippen LogP contribution >= 0.6 is 11.3 Å². The standard InChI is InChI=1S/C15H14F3N3O4S/c16-15(17,18)8-25-14(23)21-5-1-3-10(21)12(22)20-13-19-9(7-26-13)11-4-2-6-24-11/h2,4,6-7,10H,1,3,5,8H2,(H,19,20,22). The molecule has 140 valence electrons. The molecule has 1 unspecified atom stereocenters. The molecule has 3 heterocycles. The molecule has 26 heavy (non-hydrogen) atoms. The molecule has 0 saturated carbocycles. The number of thiazole rings is 1. The number of carbonyl (C=O) groups excluding carboxylic acids is 2. The fourth-order valence-electron chi connectivity index (χ4n) is 2.54. The van der Waals surface area contributed by atoms with Gasteiger partial charge < -0.3 is 14.5 Å². The number of amides is 2. The average molecular weight is 389 g/mol. The molecule has 3 rings (SSSR count). The van der Waals surface area contributed by atoms with E-state index in [0.29, 0.717) is 29.4 Å². The highest BCUT2D eigenvalue weighted by molar-refractivity contribution is 7.14. The Balaban J connectivity index is 1.61. The maximum atomic E-state index is 12.4. The van der Waals surface area contributed by atoms with Crippen LogP contribution in [0.4, 0.5) is 23.1 Å². The highest BCUT2D eigenvalue weighted by atomic mass is 32.1. The quantitative estimate of drug-likeness (QED) is 0.865. The predicted octanol–water partition coefficient (Wildman–Crippen LogP) is 3.50. The molecule has 1 N–H and O–H groups in total. The molecule has 0 spiro atoms. The highest BCUT2D eigenvalue weighted by Gasteiger charge is 2.37. The van der Waals surface area contributed by atoms with Crippen LogP contribution in [-0.2, 0) is 9.53 Å². The van der Waals surface area contributed by atoms with Gasteiger partial charge in [-0.3, -0.25) is 9.69 Å². The maximum Gasteiger partial charge on any atom is 0.422 e. The maximum absolute atomic E-state index is 12.4. The molecule has 1 atom stereocenters. The summed E-state index contributed by atoms with van der Waals surface area (Å²) in [7, 11) is 0. The van der Waals surface area contributed by atoms with E-state index in [1.807, 2.05) is 0 Å². The second-order valence-electron chi connectivity index (χ2n) is 5.53. The van der Waals surface area contributed by atoms with Gasteiger partial charge in [-0.25, -0.2) is 9.78 Å². The summed E-state index contributed by atoms with van der Waals surface area (Å²) in [6.45, 7) is -1.53. The zero-order valence-corrected chi connectivity index (χ0v) is 14.1. The number of anilines is 1. The van der Waals surface area contributed by atoms with E-state index in [9.17, 15) is 22.8 Å². The number of rotatable bonds is 4. The van der Waals surface area contributed by atoms with Crippen molar-refractivity contribution in [3.8, 4) is 11.5 Å². The van der Waals surface area contributed by atoms with Crippen molar-refractivity contribution in [2.75, 3.05) is 18.5 Å². The minimum Gasteiger partial charge on any atom is -0.463 e. The zero-order chi connectivity index (χ0) is 18.7. The minimum atomic E-state index is -4.61. The highest BCUT2D eigenvalue weighted by Crippen LogP contribution is 2.27. The van der Waals surface area contributed by atoms with Crippen LogP contribution in [0.3, 0.4) is 0 Å². The lowest BCUT2D eigenvalue weighted by molar-refractivity contribution is -0.162. The van der Waals surface area contributed by atoms with Crippen LogP contribution in [0.5, 0.6) is 0 Å². The van der Waals surface area contributed by atoms with Gasteiger partial charge in [0.25, 0.3) is 0 Å². The van der Waals surface area contributed by atoms with Crippen LogP contribution in [-0.4, -0.2) is 47.3 Å². The number of alkyl halides is 3. The number of nitrogens with zero attached hydrogens (tertiary/aromatic N) is 2. The lowest BCUT2D eigenvalue weighted by Crippen LogP contribution is -2.44. The number of ether oxygens (including phenoxy) is 1. The summed E-state index contributed by atoms with van der Waals surface area (Å²) in [5.74, 6) is 0.0202.